The van der Waals surface area contributed by atoms with Crippen molar-refractivity contribution in [2.24, 2.45) is 5.73 Å². The van der Waals surface area contributed by atoms with E-state index in [4.69, 9.17) is 5.73 Å². The Balaban J connectivity index is 2.70. The molecule has 0 spiro atoms. The van der Waals surface area contributed by atoms with E-state index in [1.165, 1.54) is 5.56 Å². The topological polar surface area (TPSA) is 29.3 Å². The van der Waals surface area contributed by atoms with Crippen molar-refractivity contribution in [2.75, 3.05) is 13.6 Å². The van der Waals surface area contributed by atoms with Crippen molar-refractivity contribution in [1.29, 1.82) is 0 Å². The molecule has 0 heterocycles. The van der Waals surface area contributed by atoms with Crippen molar-refractivity contribution in [2.45, 2.75) is 25.9 Å². The first-order chi connectivity index (χ1) is 6.95. The summed E-state index contributed by atoms with van der Waals surface area (Å²) in [7, 11) is 2.10. The van der Waals surface area contributed by atoms with Gasteiger partial charge in [0.15, 0.2) is 0 Å². The smallest absolute Gasteiger partial charge is 0.0275 e. The first-order valence-corrected chi connectivity index (χ1v) is 5.91. The Kier molecular flexibility index (Phi) is 4.32. The van der Waals surface area contributed by atoms with Crippen LogP contribution in [0.2, 0.25) is 0 Å². The Morgan fingerprint density at radius 3 is 2.60 bits per heavy atom. The van der Waals surface area contributed by atoms with Gasteiger partial charge in [0.2, 0.25) is 0 Å². The van der Waals surface area contributed by atoms with Gasteiger partial charge in [0.1, 0.15) is 0 Å². The van der Waals surface area contributed by atoms with Crippen molar-refractivity contribution >= 4 is 15.9 Å². The minimum Gasteiger partial charge on any atom is -0.329 e. The van der Waals surface area contributed by atoms with E-state index in [2.05, 4.69) is 59.9 Å². The van der Waals surface area contributed by atoms with E-state index in [-0.39, 0.29) is 5.54 Å². The molecule has 15 heavy (non-hydrogen) atoms. The van der Waals surface area contributed by atoms with Crippen LogP contribution < -0.4 is 5.73 Å². The molecule has 0 aromatic heterocycles. The lowest BCUT2D eigenvalue weighted by atomic mass is 10.0. The van der Waals surface area contributed by atoms with Crippen molar-refractivity contribution in [1.82, 2.24) is 4.90 Å². The lowest BCUT2D eigenvalue weighted by Gasteiger charge is -2.34. The van der Waals surface area contributed by atoms with Gasteiger partial charge in [-0.25, -0.2) is 0 Å². The van der Waals surface area contributed by atoms with Crippen LogP contribution in [0.15, 0.2) is 28.7 Å². The summed E-state index contributed by atoms with van der Waals surface area (Å²) < 4.78 is 1.12. The van der Waals surface area contributed by atoms with E-state index in [1.807, 2.05) is 6.07 Å². The van der Waals surface area contributed by atoms with Gasteiger partial charge < -0.3 is 5.73 Å². The molecule has 0 aliphatic rings. The summed E-state index contributed by atoms with van der Waals surface area (Å²) >= 11 is 3.48. The molecule has 0 amide bonds. The SMILES string of the molecule is CN(Cc1cccc(Br)c1)C(C)(C)CN. The zero-order valence-corrected chi connectivity index (χ0v) is 11.2. The predicted octanol–water partition coefficient (Wildman–Crippen LogP) is 2.62. The van der Waals surface area contributed by atoms with Crippen LogP contribution in [0.4, 0.5) is 0 Å². The summed E-state index contributed by atoms with van der Waals surface area (Å²) in [4.78, 5) is 2.27. The Morgan fingerprint density at radius 1 is 1.40 bits per heavy atom. The number of likely N-dealkylation sites (N-methyl/N-ethyl adjacent to an activating group) is 1. The van der Waals surface area contributed by atoms with E-state index in [0.717, 1.165) is 11.0 Å². The molecular weight excluding hydrogens is 252 g/mol. The van der Waals surface area contributed by atoms with E-state index in [1.54, 1.807) is 0 Å². The van der Waals surface area contributed by atoms with Gasteiger partial charge in [-0.3, -0.25) is 4.90 Å². The fraction of sp³-hybridized carbons (Fsp3) is 0.500. The molecule has 0 saturated carbocycles. The van der Waals surface area contributed by atoms with Crippen molar-refractivity contribution in [3.8, 4) is 0 Å². The molecule has 0 atom stereocenters. The van der Waals surface area contributed by atoms with E-state index < -0.39 is 0 Å². The summed E-state index contributed by atoms with van der Waals surface area (Å²) in [5, 5.41) is 0. The molecule has 2 N–H and O–H groups in total. The number of hydrogen-bond donors (Lipinski definition) is 1. The summed E-state index contributed by atoms with van der Waals surface area (Å²) in [5.74, 6) is 0. The second-order valence-corrected chi connectivity index (χ2v) is 5.42. The molecule has 1 rings (SSSR count). The first kappa shape index (κ1) is 12.7. The normalized spacial score (nSPS) is 12.1. The molecule has 0 radical (unpaired) electrons. The van der Waals surface area contributed by atoms with Gasteiger partial charge >= 0.3 is 0 Å². The van der Waals surface area contributed by atoms with Crippen LogP contribution in [0.3, 0.4) is 0 Å². The molecule has 0 fully saturated rings. The zero-order valence-electron chi connectivity index (χ0n) is 9.63. The number of hydrogen-bond acceptors (Lipinski definition) is 2. The fourth-order valence-electron chi connectivity index (χ4n) is 1.28. The standard InChI is InChI=1S/C12H19BrN2/c1-12(2,9-14)15(3)8-10-5-4-6-11(13)7-10/h4-7H,8-9,14H2,1-3H3. The average molecular weight is 271 g/mol. The first-order valence-electron chi connectivity index (χ1n) is 5.11. The maximum absolute atomic E-state index is 5.74. The van der Waals surface area contributed by atoms with Crippen LogP contribution >= 0.6 is 15.9 Å². The van der Waals surface area contributed by atoms with Crippen LogP contribution in [-0.2, 0) is 6.54 Å². The van der Waals surface area contributed by atoms with Crippen molar-refractivity contribution < 1.29 is 0 Å². The molecule has 1 aromatic carbocycles. The number of rotatable bonds is 4. The van der Waals surface area contributed by atoms with Crippen LogP contribution in [0.5, 0.6) is 0 Å². The monoisotopic (exact) mass is 270 g/mol. The second kappa shape index (κ2) is 5.10. The highest BCUT2D eigenvalue weighted by Gasteiger charge is 2.21. The van der Waals surface area contributed by atoms with Gasteiger partial charge in [-0.2, -0.15) is 0 Å². The zero-order chi connectivity index (χ0) is 11.5. The molecule has 3 heteroatoms. The van der Waals surface area contributed by atoms with E-state index in [9.17, 15) is 0 Å². The predicted molar refractivity (Wildman–Crippen MR) is 68.7 cm³/mol. The molecule has 0 bridgehead atoms. The number of halogens is 1. The highest BCUT2D eigenvalue weighted by molar-refractivity contribution is 9.10. The number of benzene rings is 1. The van der Waals surface area contributed by atoms with Crippen LogP contribution in [0.1, 0.15) is 19.4 Å². The van der Waals surface area contributed by atoms with Crippen molar-refractivity contribution in [3.63, 3.8) is 0 Å². The Bertz CT molecular complexity index is 323. The molecular formula is C12H19BrN2. The summed E-state index contributed by atoms with van der Waals surface area (Å²) in [6, 6.07) is 8.37. The lowest BCUT2D eigenvalue weighted by molar-refractivity contribution is 0.155. The van der Waals surface area contributed by atoms with Crippen LogP contribution in [0.25, 0.3) is 0 Å². The van der Waals surface area contributed by atoms with Gasteiger partial charge in [-0.15, -0.1) is 0 Å². The third-order valence-electron chi connectivity index (χ3n) is 2.84. The molecule has 1 aromatic rings. The van der Waals surface area contributed by atoms with Gasteiger partial charge in [0.25, 0.3) is 0 Å². The molecule has 0 saturated heterocycles. The summed E-state index contributed by atoms with van der Waals surface area (Å²) in [6.07, 6.45) is 0. The average Bonchev–Trinajstić information content (AvgIpc) is 2.17. The minimum absolute atomic E-state index is 0.0440. The molecule has 0 unspecified atom stereocenters. The quantitative estimate of drug-likeness (QED) is 0.912. The van der Waals surface area contributed by atoms with Gasteiger partial charge in [-0.1, -0.05) is 28.1 Å². The molecule has 2 nitrogen and oxygen atoms in total. The fourth-order valence-corrected chi connectivity index (χ4v) is 1.73. The third-order valence-corrected chi connectivity index (χ3v) is 3.33. The molecule has 0 aliphatic heterocycles. The third kappa shape index (κ3) is 3.59. The van der Waals surface area contributed by atoms with Gasteiger partial charge in [0.05, 0.1) is 0 Å². The van der Waals surface area contributed by atoms with E-state index >= 15 is 0 Å². The van der Waals surface area contributed by atoms with Gasteiger partial charge in [-0.05, 0) is 38.6 Å². The Morgan fingerprint density at radius 2 is 2.07 bits per heavy atom. The van der Waals surface area contributed by atoms with E-state index in [0.29, 0.717) is 6.54 Å². The second-order valence-electron chi connectivity index (χ2n) is 4.50. The molecule has 0 aliphatic carbocycles. The number of nitrogens with zero attached hydrogens (tertiary/aromatic N) is 1. The minimum atomic E-state index is 0.0440. The Hall–Kier alpha value is -0.380. The van der Waals surface area contributed by atoms with Crippen LogP contribution in [0, 0.1) is 0 Å². The highest BCUT2D eigenvalue weighted by atomic mass is 79.9. The largest absolute Gasteiger partial charge is 0.329 e. The molecule has 84 valence electrons. The number of nitrogens with two attached hydrogens (primary N) is 1. The maximum atomic E-state index is 5.74. The Labute approximate surface area is 101 Å². The lowest BCUT2D eigenvalue weighted by Crippen LogP contribution is -2.46. The highest BCUT2D eigenvalue weighted by Crippen LogP contribution is 2.17. The van der Waals surface area contributed by atoms with Crippen molar-refractivity contribution in [3.05, 3.63) is 34.3 Å². The summed E-state index contributed by atoms with van der Waals surface area (Å²) in [6.45, 7) is 5.90. The summed E-state index contributed by atoms with van der Waals surface area (Å²) in [5.41, 5.74) is 7.08. The maximum Gasteiger partial charge on any atom is 0.0275 e. The van der Waals surface area contributed by atoms with Gasteiger partial charge in [0, 0.05) is 23.1 Å². The van der Waals surface area contributed by atoms with Crippen LogP contribution in [-0.4, -0.2) is 24.0 Å².